The number of nitrogens with two attached hydrogens (primary N) is 1. The van der Waals surface area contributed by atoms with Gasteiger partial charge in [0.1, 0.15) is 0 Å². The average Bonchev–Trinajstić information content (AvgIpc) is 2.91. The summed E-state index contributed by atoms with van der Waals surface area (Å²) in [6.45, 7) is 4.65. The van der Waals surface area contributed by atoms with Gasteiger partial charge in [-0.1, -0.05) is 0 Å². The third-order valence-corrected chi connectivity index (χ3v) is 3.79. The summed E-state index contributed by atoms with van der Waals surface area (Å²) in [4.78, 5) is 15.0. The van der Waals surface area contributed by atoms with Crippen molar-refractivity contribution in [1.29, 1.82) is 0 Å². The summed E-state index contributed by atoms with van der Waals surface area (Å²) < 4.78 is 21.9. The van der Waals surface area contributed by atoms with E-state index < -0.39 is 10.0 Å². The second kappa shape index (κ2) is 6.85. The molecule has 10 heteroatoms. The highest BCUT2D eigenvalue weighted by Gasteiger charge is 2.17. The van der Waals surface area contributed by atoms with E-state index in [1.807, 2.05) is 6.92 Å². The maximum atomic E-state index is 10.9. The second-order valence-corrected chi connectivity index (χ2v) is 6.53. The molecule has 0 saturated carbocycles. The summed E-state index contributed by atoms with van der Waals surface area (Å²) in [6, 6.07) is 0. The molecule has 4 N–H and O–H groups in total. The van der Waals surface area contributed by atoms with Gasteiger partial charge in [0.25, 0.3) is 0 Å². The van der Waals surface area contributed by atoms with Crippen molar-refractivity contribution in [2.24, 2.45) is 5.14 Å². The second-order valence-electron chi connectivity index (χ2n) is 4.80. The van der Waals surface area contributed by atoms with Crippen LogP contribution in [0.5, 0.6) is 0 Å². The lowest BCUT2D eigenvalue weighted by molar-refractivity contribution is 0.598. The summed E-state index contributed by atoms with van der Waals surface area (Å²) in [6.07, 6.45) is 2.24. The third kappa shape index (κ3) is 4.97. The number of primary sulfonamides is 1. The van der Waals surface area contributed by atoms with Crippen LogP contribution in [0.3, 0.4) is 0 Å². The molecule has 21 heavy (non-hydrogen) atoms. The summed E-state index contributed by atoms with van der Waals surface area (Å²) in [5, 5.41) is 10.9. The minimum absolute atomic E-state index is 0.161. The van der Waals surface area contributed by atoms with Gasteiger partial charge in [0.15, 0.2) is 0 Å². The number of aromatic nitrogens is 3. The molecule has 0 aliphatic carbocycles. The number of rotatable bonds is 7. The number of hydrogen-bond acceptors (Lipinski definition) is 8. The van der Waals surface area contributed by atoms with Gasteiger partial charge in [0.05, 0.1) is 5.75 Å². The van der Waals surface area contributed by atoms with Crippen molar-refractivity contribution in [3.8, 4) is 0 Å². The van der Waals surface area contributed by atoms with Gasteiger partial charge in [0, 0.05) is 26.2 Å². The fourth-order valence-electron chi connectivity index (χ4n) is 2.04. The first-order valence-electron chi connectivity index (χ1n) is 6.97. The van der Waals surface area contributed by atoms with Crippen molar-refractivity contribution in [2.75, 3.05) is 47.5 Å². The van der Waals surface area contributed by atoms with E-state index in [4.69, 9.17) is 5.14 Å². The van der Waals surface area contributed by atoms with Gasteiger partial charge in [-0.3, -0.25) is 0 Å². The highest BCUT2D eigenvalue weighted by Crippen LogP contribution is 2.18. The van der Waals surface area contributed by atoms with Gasteiger partial charge in [-0.15, -0.1) is 0 Å². The molecule has 1 aliphatic rings. The number of sulfonamides is 1. The quantitative estimate of drug-likeness (QED) is 0.620. The molecule has 0 radical (unpaired) electrons. The third-order valence-electron chi connectivity index (χ3n) is 3.02. The summed E-state index contributed by atoms with van der Waals surface area (Å²) in [5.41, 5.74) is 0. The molecule has 0 bridgehead atoms. The van der Waals surface area contributed by atoms with E-state index in [1.54, 1.807) is 0 Å². The maximum Gasteiger partial charge on any atom is 0.231 e. The fourth-order valence-corrected chi connectivity index (χ4v) is 2.43. The Balaban J connectivity index is 2.11. The number of nitrogens with one attached hydrogen (secondary N) is 2. The van der Waals surface area contributed by atoms with Crippen LogP contribution in [0, 0.1) is 0 Å². The highest BCUT2D eigenvalue weighted by atomic mass is 32.2. The molecule has 0 aromatic carbocycles. The van der Waals surface area contributed by atoms with Crippen LogP contribution in [-0.4, -0.2) is 55.3 Å². The Kier molecular flexibility index (Phi) is 5.12. The molecule has 2 rings (SSSR count). The van der Waals surface area contributed by atoms with E-state index >= 15 is 0 Å². The van der Waals surface area contributed by atoms with Gasteiger partial charge in [-0.2, -0.15) is 15.0 Å². The Labute approximate surface area is 124 Å². The van der Waals surface area contributed by atoms with Crippen LogP contribution in [0.25, 0.3) is 0 Å². The highest BCUT2D eigenvalue weighted by molar-refractivity contribution is 7.89. The van der Waals surface area contributed by atoms with Crippen LogP contribution in [-0.2, 0) is 10.0 Å². The van der Waals surface area contributed by atoms with Crippen molar-refractivity contribution in [3.63, 3.8) is 0 Å². The molecule has 0 spiro atoms. The molecule has 1 aromatic heterocycles. The lowest BCUT2D eigenvalue weighted by Crippen LogP contribution is -2.25. The summed E-state index contributed by atoms with van der Waals surface area (Å²) in [5.74, 6) is 1.27. The molecule has 2 heterocycles. The van der Waals surface area contributed by atoms with E-state index in [0.717, 1.165) is 25.9 Å². The van der Waals surface area contributed by atoms with Crippen molar-refractivity contribution in [3.05, 3.63) is 0 Å². The molecule has 0 atom stereocenters. The van der Waals surface area contributed by atoms with Crippen molar-refractivity contribution < 1.29 is 8.42 Å². The van der Waals surface area contributed by atoms with E-state index in [2.05, 4.69) is 30.5 Å². The lowest BCUT2D eigenvalue weighted by atomic mass is 10.4. The van der Waals surface area contributed by atoms with Gasteiger partial charge >= 0.3 is 0 Å². The van der Waals surface area contributed by atoms with Crippen LogP contribution >= 0.6 is 0 Å². The predicted octanol–water partition coefficient (Wildman–Crippen LogP) is -0.396. The zero-order chi connectivity index (χ0) is 15.3. The minimum Gasteiger partial charge on any atom is -0.354 e. The molecule has 1 aliphatic heterocycles. The monoisotopic (exact) mass is 315 g/mol. The largest absolute Gasteiger partial charge is 0.354 e. The Morgan fingerprint density at radius 3 is 2.33 bits per heavy atom. The first kappa shape index (κ1) is 15.7. The maximum absolute atomic E-state index is 10.9. The molecule has 0 unspecified atom stereocenters. The zero-order valence-corrected chi connectivity index (χ0v) is 12.9. The average molecular weight is 315 g/mol. The Hall–Kier alpha value is -1.68. The molecule has 1 saturated heterocycles. The molecular formula is C11H21N7O2S. The van der Waals surface area contributed by atoms with Gasteiger partial charge in [-0.05, 0) is 19.8 Å². The number of anilines is 3. The molecule has 118 valence electrons. The van der Waals surface area contributed by atoms with E-state index in [1.165, 1.54) is 0 Å². The predicted molar refractivity (Wildman–Crippen MR) is 81.9 cm³/mol. The first-order valence-corrected chi connectivity index (χ1v) is 8.69. The molecule has 9 nitrogen and oxygen atoms in total. The SMILES string of the molecule is CCNc1nc(NCCS(N)(=O)=O)nc(N2CCCC2)n1. The fraction of sp³-hybridized carbons (Fsp3) is 0.727. The Bertz CT molecular complexity index is 572. The minimum atomic E-state index is -3.50. The van der Waals surface area contributed by atoms with Gasteiger partial charge < -0.3 is 15.5 Å². The van der Waals surface area contributed by atoms with E-state index in [9.17, 15) is 8.42 Å². The molecule has 1 fully saturated rings. The topological polar surface area (TPSA) is 126 Å². The number of nitrogens with zero attached hydrogens (tertiary/aromatic N) is 4. The van der Waals surface area contributed by atoms with Crippen LogP contribution in [0.1, 0.15) is 19.8 Å². The Morgan fingerprint density at radius 1 is 1.14 bits per heavy atom. The van der Waals surface area contributed by atoms with Crippen molar-refractivity contribution in [2.45, 2.75) is 19.8 Å². The molecule has 1 aromatic rings. The first-order chi connectivity index (χ1) is 9.98. The van der Waals surface area contributed by atoms with Crippen LogP contribution in [0.15, 0.2) is 0 Å². The normalized spacial score (nSPS) is 15.2. The standard InChI is InChI=1S/C11H21N7O2S/c1-2-13-9-15-10(14-5-8-21(12,19)20)17-11(16-9)18-6-3-4-7-18/h2-8H2,1H3,(H2,12,19,20)(H2,13,14,15,16,17). The molecule has 0 amide bonds. The van der Waals surface area contributed by atoms with Crippen LogP contribution in [0.4, 0.5) is 17.8 Å². The molecular weight excluding hydrogens is 294 g/mol. The summed E-state index contributed by atoms with van der Waals surface area (Å²) in [7, 11) is -3.50. The van der Waals surface area contributed by atoms with Crippen LogP contribution in [0.2, 0.25) is 0 Å². The smallest absolute Gasteiger partial charge is 0.231 e. The van der Waals surface area contributed by atoms with Crippen molar-refractivity contribution in [1.82, 2.24) is 15.0 Å². The zero-order valence-electron chi connectivity index (χ0n) is 12.0. The van der Waals surface area contributed by atoms with Crippen molar-refractivity contribution >= 4 is 27.9 Å². The summed E-state index contributed by atoms with van der Waals surface area (Å²) >= 11 is 0. The van der Waals surface area contributed by atoms with E-state index in [0.29, 0.717) is 24.4 Å². The lowest BCUT2D eigenvalue weighted by Gasteiger charge is -2.17. The van der Waals surface area contributed by atoms with E-state index in [-0.39, 0.29) is 12.3 Å². The Morgan fingerprint density at radius 2 is 1.76 bits per heavy atom. The van der Waals surface area contributed by atoms with Gasteiger partial charge in [-0.25, -0.2) is 13.6 Å². The number of hydrogen-bond donors (Lipinski definition) is 3. The van der Waals surface area contributed by atoms with Crippen LogP contribution < -0.4 is 20.7 Å². The van der Waals surface area contributed by atoms with Gasteiger partial charge in [0.2, 0.25) is 27.9 Å².